The van der Waals surface area contributed by atoms with E-state index in [1.165, 1.54) is 0 Å². The van der Waals surface area contributed by atoms with E-state index < -0.39 is 22.9 Å². The molecule has 0 aliphatic heterocycles. The summed E-state index contributed by atoms with van der Waals surface area (Å²) >= 11 is 0. The number of carboxylic acid groups (broad SMARTS) is 2. The van der Waals surface area contributed by atoms with Crippen LogP contribution >= 0.6 is 0 Å². The Morgan fingerprint density at radius 1 is 0.900 bits per heavy atom. The summed E-state index contributed by atoms with van der Waals surface area (Å²) < 4.78 is 0. The molecular formula is C13H23NO6. The van der Waals surface area contributed by atoms with E-state index in [1.54, 1.807) is 0 Å². The number of nitrogens with zero attached hydrogens (tertiary/aromatic N) is 1. The van der Waals surface area contributed by atoms with Crippen molar-refractivity contribution in [2.24, 2.45) is 0 Å². The van der Waals surface area contributed by atoms with Crippen molar-refractivity contribution in [2.45, 2.75) is 70.3 Å². The van der Waals surface area contributed by atoms with Crippen molar-refractivity contribution in [2.75, 3.05) is 0 Å². The minimum Gasteiger partial charge on any atom is -0.481 e. The summed E-state index contributed by atoms with van der Waals surface area (Å²) in [4.78, 5) is 30.5. The number of carbonyl (C=O) groups is 2. The average molecular weight is 289 g/mol. The summed E-state index contributed by atoms with van der Waals surface area (Å²) in [5, 5.41) is 27.5. The lowest BCUT2D eigenvalue weighted by atomic mass is 10.0. The summed E-state index contributed by atoms with van der Waals surface area (Å²) in [6.07, 6.45) is 7.23. The number of hydrogen-bond acceptors (Lipinski definition) is 4. The molecule has 0 aliphatic carbocycles. The van der Waals surface area contributed by atoms with E-state index in [9.17, 15) is 19.7 Å². The Labute approximate surface area is 118 Å². The lowest BCUT2D eigenvalue weighted by Crippen LogP contribution is -2.28. The molecular weight excluding hydrogens is 266 g/mol. The van der Waals surface area contributed by atoms with Gasteiger partial charge in [-0.3, -0.25) is 14.9 Å². The quantitative estimate of drug-likeness (QED) is 0.306. The Hall–Kier alpha value is -1.66. The van der Waals surface area contributed by atoms with Crippen molar-refractivity contribution < 1.29 is 24.7 Å². The van der Waals surface area contributed by atoms with Gasteiger partial charge in [-0.2, -0.15) is 0 Å². The second-order valence-electron chi connectivity index (χ2n) is 4.90. The van der Waals surface area contributed by atoms with Gasteiger partial charge in [-0.25, -0.2) is 4.79 Å². The Bertz CT molecular complexity index is 304. The summed E-state index contributed by atoms with van der Waals surface area (Å²) in [5.41, 5.74) is 0. The molecule has 0 heterocycles. The van der Waals surface area contributed by atoms with Crippen LogP contribution in [-0.2, 0) is 9.59 Å². The summed E-state index contributed by atoms with van der Waals surface area (Å²) in [6.45, 7) is 0. The Balaban J connectivity index is 3.38. The van der Waals surface area contributed by atoms with E-state index in [1.807, 2.05) is 0 Å². The maximum Gasteiger partial charge on any atom is 0.379 e. The summed E-state index contributed by atoms with van der Waals surface area (Å²) in [7, 11) is 0. The minimum absolute atomic E-state index is 0.0843. The van der Waals surface area contributed by atoms with Gasteiger partial charge in [-0.1, -0.05) is 38.5 Å². The molecule has 0 saturated heterocycles. The average Bonchev–Trinajstić information content (AvgIpc) is 2.34. The lowest BCUT2D eigenvalue weighted by Gasteiger charge is -2.04. The number of aliphatic carboxylic acids is 2. The highest BCUT2D eigenvalue weighted by Crippen LogP contribution is 2.12. The van der Waals surface area contributed by atoms with E-state index in [-0.39, 0.29) is 12.8 Å². The zero-order valence-electron chi connectivity index (χ0n) is 11.6. The van der Waals surface area contributed by atoms with Gasteiger partial charge in [0.15, 0.2) is 0 Å². The van der Waals surface area contributed by atoms with E-state index in [2.05, 4.69) is 0 Å². The molecule has 0 aromatic heterocycles. The molecule has 0 spiro atoms. The fourth-order valence-corrected chi connectivity index (χ4v) is 1.99. The third kappa shape index (κ3) is 10.3. The van der Waals surface area contributed by atoms with E-state index in [0.29, 0.717) is 12.8 Å². The van der Waals surface area contributed by atoms with Gasteiger partial charge in [0.1, 0.15) is 0 Å². The van der Waals surface area contributed by atoms with E-state index in [0.717, 1.165) is 38.5 Å². The van der Waals surface area contributed by atoms with Crippen molar-refractivity contribution in [3.05, 3.63) is 10.1 Å². The molecule has 0 rings (SSSR count). The smallest absolute Gasteiger partial charge is 0.379 e. The monoisotopic (exact) mass is 289 g/mol. The predicted molar refractivity (Wildman–Crippen MR) is 72.2 cm³/mol. The van der Waals surface area contributed by atoms with Crippen LogP contribution in [0, 0.1) is 10.1 Å². The lowest BCUT2D eigenvalue weighted by molar-refractivity contribution is -0.511. The predicted octanol–water partition coefficient (Wildman–Crippen LogP) is 2.70. The Kier molecular flexibility index (Phi) is 10.3. The largest absolute Gasteiger partial charge is 0.481 e. The van der Waals surface area contributed by atoms with Gasteiger partial charge < -0.3 is 10.2 Å². The second-order valence-corrected chi connectivity index (χ2v) is 4.90. The van der Waals surface area contributed by atoms with Gasteiger partial charge >= 0.3 is 18.0 Å². The molecule has 20 heavy (non-hydrogen) atoms. The van der Waals surface area contributed by atoms with Crippen molar-refractivity contribution in [1.29, 1.82) is 0 Å². The topological polar surface area (TPSA) is 118 Å². The van der Waals surface area contributed by atoms with E-state index >= 15 is 0 Å². The van der Waals surface area contributed by atoms with Crippen LogP contribution in [0.5, 0.6) is 0 Å². The molecule has 0 aromatic rings. The normalized spacial score (nSPS) is 12.0. The first kappa shape index (κ1) is 18.3. The van der Waals surface area contributed by atoms with Crippen molar-refractivity contribution in [3.8, 4) is 0 Å². The SMILES string of the molecule is O=C(O)CCCCCCCCCCC(C(=O)O)[N+](=O)[O-]. The van der Waals surface area contributed by atoms with Crippen LogP contribution in [0.3, 0.4) is 0 Å². The van der Waals surface area contributed by atoms with Crippen LogP contribution in [0.4, 0.5) is 0 Å². The highest BCUT2D eigenvalue weighted by Gasteiger charge is 2.27. The molecule has 0 amide bonds. The van der Waals surface area contributed by atoms with Crippen LogP contribution in [0.25, 0.3) is 0 Å². The highest BCUT2D eigenvalue weighted by molar-refractivity contribution is 5.71. The van der Waals surface area contributed by atoms with Gasteiger partial charge in [0.05, 0.1) is 0 Å². The maximum absolute atomic E-state index is 10.6. The first-order chi connectivity index (χ1) is 9.45. The van der Waals surface area contributed by atoms with Crippen molar-refractivity contribution in [3.63, 3.8) is 0 Å². The molecule has 1 atom stereocenters. The Morgan fingerprint density at radius 2 is 1.35 bits per heavy atom. The van der Waals surface area contributed by atoms with Gasteiger partial charge in [-0.05, 0) is 12.8 Å². The van der Waals surface area contributed by atoms with Gasteiger partial charge in [-0.15, -0.1) is 0 Å². The number of rotatable bonds is 13. The second kappa shape index (κ2) is 11.2. The first-order valence-corrected chi connectivity index (χ1v) is 7.03. The third-order valence-electron chi connectivity index (χ3n) is 3.16. The fraction of sp³-hybridized carbons (Fsp3) is 0.846. The number of unbranched alkanes of at least 4 members (excludes halogenated alkanes) is 7. The number of carboxylic acids is 2. The number of nitro groups is 1. The molecule has 0 radical (unpaired) electrons. The van der Waals surface area contributed by atoms with Crippen LogP contribution in [0.1, 0.15) is 64.2 Å². The molecule has 116 valence electrons. The van der Waals surface area contributed by atoms with Crippen LogP contribution in [0.15, 0.2) is 0 Å². The standard InChI is InChI=1S/C13H23NO6/c15-12(16)10-8-6-4-2-1-3-5-7-9-11(13(17)18)14(19)20/h11H,1-10H2,(H,15,16)(H,17,18). The van der Waals surface area contributed by atoms with Gasteiger partial charge in [0.2, 0.25) is 0 Å². The molecule has 0 saturated carbocycles. The van der Waals surface area contributed by atoms with Gasteiger partial charge in [0.25, 0.3) is 0 Å². The third-order valence-corrected chi connectivity index (χ3v) is 3.16. The zero-order chi connectivity index (χ0) is 15.4. The van der Waals surface area contributed by atoms with Gasteiger partial charge in [0, 0.05) is 17.8 Å². The van der Waals surface area contributed by atoms with Crippen molar-refractivity contribution >= 4 is 11.9 Å². The first-order valence-electron chi connectivity index (χ1n) is 7.03. The van der Waals surface area contributed by atoms with Crippen LogP contribution in [0.2, 0.25) is 0 Å². The van der Waals surface area contributed by atoms with Crippen molar-refractivity contribution in [1.82, 2.24) is 0 Å². The molecule has 0 aliphatic rings. The molecule has 7 heteroatoms. The highest BCUT2D eigenvalue weighted by atomic mass is 16.6. The number of hydrogen-bond donors (Lipinski definition) is 2. The Morgan fingerprint density at radius 3 is 1.75 bits per heavy atom. The summed E-state index contributed by atoms with van der Waals surface area (Å²) in [5.74, 6) is -2.13. The molecule has 1 unspecified atom stereocenters. The molecule has 0 fully saturated rings. The van der Waals surface area contributed by atoms with E-state index in [4.69, 9.17) is 10.2 Å². The molecule has 7 nitrogen and oxygen atoms in total. The molecule has 0 aromatic carbocycles. The zero-order valence-corrected chi connectivity index (χ0v) is 11.6. The maximum atomic E-state index is 10.6. The molecule has 0 bridgehead atoms. The summed E-state index contributed by atoms with van der Waals surface area (Å²) in [6, 6.07) is -1.48. The fourth-order valence-electron chi connectivity index (χ4n) is 1.99. The van der Waals surface area contributed by atoms with Crippen LogP contribution in [-0.4, -0.2) is 33.1 Å². The van der Waals surface area contributed by atoms with Crippen LogP contribution < -0.4 is 0 Å². The minimum atomic E-state index is -1.48. The molecule has 2 N–H and O–H groups in total.